The van der Waals surface area contributed by atoms with E-state index in [1.54, 1.807) is 0 Å². The number of hydrogen-bond donors (Lipinski definition) is 2. The van der Waals surface area contributed by atoms with Crippen molar-refractivity contribution < 1.29 is 9.47 Å². The zero-order valence-electron chi connectivity index (χ0n) is 17.1. The van der Waals surface area contributed by atoms with E-state index in [1.165, 1.54) is 49.7 Å². The van der Waals surface area contributed by atoms with Crippen molar-refractivity contribution in [2.24, 2.45) is 11.8 Å². The maximum Gasteiger partial charge on any atom is 0.0468 e. The van der Waals surface area contributed by atoms with Crippen LogP contribution in [0, 0.1) is 15.4 Å². The Kier molecular flexibility index (Phi) is 9.08. The van der Waals surface area contributed by atoms with E-state index in [1.807, 2.05) is 18.2 Å². The first-order valence-corrected chi connectivity index (χ1v) is 11.7. The number of hydrogen-bond acceptors (Lipinski definition) is 4. The fraction of sp³-hybridized carbons (Fsp3) is 0.500. The Bertz CT molecular complexity index is 739. The predicted molar refractivity (Wildman–Crippen MR) is 129 cm³/mol. The van der Waals surface area contributed by atoms with Crippen LogP contribution in [0.4, 0.5) is 11.4 Å². The minimum Gasteiger partial charge on any atom is -0.399 e. The molecule has 2 aromatic rings. The topological polar surface area (TPSA) is 70.5 Å². The second kappa shape index (κ2) is 11.8. The monoisotopic (exact) mass is 508 g/mol. The summed E-state index contributed by atoms with van der Waals surface area (Å²) in [5.41, 5.74) is 16.0. The summed E-state index contributed by atoms with van der Waals surface area (Å²) >= 11 is 2.29. The van der Waals surface area contributed by atoms with Gasteiger partial charge < -0.3 is 20.9 Å². The van der Waals surface area contributed by atoms with Gasteiger partial charge in [-0.05, 0) is 108 Å². The number of nitrogen functional groups attached to an aromatic ring is 2. The molecule has 0 saturated carbocycles. The molecule has 0 amide bonds. The summed E-state index contributed by atoms with van der Waals surface area (Å²) < 4.78 is 11.9. The molecular formula is C24H33IN2O2. The van der Waals surface area contributed by atoms with Crippen molar-refractivity contribution >= 4 is 34.0 Å². The van der Waals surface area contributed by atoms with E-state index in [-0.39, 0.29) is 0 Å². The zero-order chi connectivity index (χ0) is 20.5. The summed E-state index contributed by atoms with van der Waals surface area (Å²) in [4.78, 5) is 0. The first kappa shape index (κ1) is 22.4. The van der Waals surface area contributed by atoms with Gasteiger partial charge in [-0.3, -0.25) is 0 Å². The molecule has 0 aromatic heterocycles. The van der Waals surface area contributed by atoms with Crippen LogP contribution in [0.25, 0.3) is 0 Å². The molecule has 0 atom stereocenters. The second-order valence-electron chi connectivity index (χ2n) is 8.12. The van der Waals surface area contributed by atoms with Gasteiger partial charge in [-0.1, -0.05) is 18.2 Å². The molecule has 0 bridgehead atoms. The van der Waals surface area contributed by atoms with E-state index >= 15 is 0 Å². The van der Waals surface area contributed by atoms with E-state index in [0.717, 1.165) is 53.2 Å². The second-order valence-corrected chi connectivity index (χ2v) is 9.28. The Labute approximate surface area is 188 Å². The van der Waals surface area contributed by atoms with Gasteiger partial charge in [0.1, 0.15) is 0 Å². The fourth-order valence-corrected chi connectivity index (χ4v) is 4.50. The maximum absolute atomic E-state index is 5.79. The van der Waals surface area contributed by atoms with Crippen LogP contribution in [0.5, 0.6) is 0 Å². The van der Waals surface area contributed by atoms with Crippen molar-refractivity contribution in [2.45, 2.75) is 38.5 Å². The number of nitrogens with two attached hydrogens (primary N) is 2. The molecule has 2 aromatic carbocycles. The standard InChI is InChI=1S/C12H16INO.C12H17NO/c13-11-8-10(1-2-12(11)14)7-9-3-5-15-6-4-9;13-12-3-1-10(2-4-12)9-11-5-7-14-8-6-11/h1-2,8-9H,3-7,14H2;1-4,11H,5-9,13H2. The molecule has 2 aliphatic rings. The minimum atomic E-state index is 0.790. The number of ether oxygens (including phenoxy) is 2. The summed E-state index contributed by atoms with van der Waals surface area (Å²) in [6.07, 6.45) is 7.12. The molecule has 2 saturated heterocycles. The van der Waals surface area contributed by atoms with Gasteiger partial charge in [-0.2, -0.15) is 0 Å². The maximum atomic E-state index is 5.79. The van der Waals surface area contributed by atoms with Crippen LogP contribution in [-0.4, -0.2) is 26.4 Å². The largest absolute Gasteiger partial charge is 0.399 e. The smallest absolute Gasteiger partial charge is 0.0468 e. The van der Waals surface area contributed by atoms with E-state index in [9.17, 15) is 0 Å². The third kappa shape index (κ3) is 7.79. The molecule has 158 valence electrons. The van der Waals surface area contributed by atoms with Crippen LogP contribution in [0.1, 0.15) is 36.8 Å². The van der Waals surface area contributed by atoms with Crippen LogP contribution in [-0.2, 0) is 22.3 Å². The number of anilines is 2. The van der Waals surface area contributed by atoms with Crippen molar-refractivity contribution in [3.8, 4) is 0 Å². The first-order chi connectivity index (χ1) is 14.1. The molecule has 29 heavy (non-hydrogen) atoms. The lowest BCUT2D eigenvalue weighted by atomic mass is 9.92. The van der Waals surface area contributed by atoms with E-state index in [0.29, 0.717) is 0 Å². The molecule has 0 spiro atoms. The molecule has 0 radical (unpaired) electrons. The summed E-state index contributed by atoms with van der Waals surface area (Å²) in [5.74, 6) is 1.59. The Morgan fingerprint density at radius 3 is 1.72 bits per heavy atom. The van der Waals surface area contributed by atoms with Gasteiger partial charge in [-0.15, -0.1) is 0 Å². The quantitative estimate of drug-likeness (QED) is 0.447. The minimum absolute atomic E-state index is 0.790. The van der Waals surface area contributed by atoms with Gasteiger partial charge in [0.05, 0.1) is 0 Å². The predicted octanol–water partition coefficient (Wildman–Crippen LogP) is 5.08. The van der Waals surface area contributed by atoms with Gasteiger partial charge >= 0.3 is 0 Å². The molecule has 2 heterocycles. The zero-order valence-corrected chi connectivity index (χ0v) is 19.3. The van der Waals surface area contributed by atoms with E-state index in [4.69, 9.17) is 20.9 Å². The Morgan fingerprint density at radius 2 is 1.21 bits per heavy atom. The Hall–Kier alpha value is -1.31. The van der Waals surface area contributed by atoms with Crippen molar-refractivity contribution in [3.63, 3.8) is 0 Å². The van der Waals surface area contributed by atoms with Crippen molar-refractivity contribution in [1.29, 1.82) is 0 Å². The third-order valence-corrected chi connectivity index (χ3v) is 6.71. The highest BCUT2D eigenvalue weighted by Crippen LogP contribution is 2.23. The highest BCUT2D eigenvalue weighted by molar-refractivity contribution is 14.1. The molecule has 4 N–H and O–H groups in total. The molecule has 4 nitrogen and oxygen atoms in total. The fourth-order valence-electron chi connectivity index (χ4n) is 3.92. The third-order valence-electron chi connectivity index (χ3n) is 5.78. The molecular weight excluding hydrogens is 475 g/mol. The summed E-state index contributed by atoms with van der Waals surface area (Å²) in [5, 5.41) is 0. The van der Waals surface area contributed by atoms with Crippen molar-refractivity contribution in [2.75, 3.05) is 37.9 Å². The molecule has 0 aliphatic carbocycles. The number of halogens is 1. The normalized spacial score (nSPS) is 18.1. The number of rotatable bonds is 4. The summed E-state index contributed by atoms with van der Waals surface area (Å²) in [6.45, 7) is 3.72. The van der Waals surface area contributed by atoms with Crippen LogP contribution in [0.2, 0.25) is 0 Å². The molecule has 2 aliphatic heterocycles. The average Bonchev–Trinajstić information content (AvgIpc) is 2.75. The van der Waals surface area contributed by atoms with Gasteiger partial charge in [0.15, 0.2) is 0 Å². The highest BCUT2D eigenvalue weighted by Gasteiger charge is 2.15. The number of benzene rings is 2. The Balaban J connectivity index is 0.000000166. The summed E-state index contributed by atoms with van der Waals surface area (Å²) in [7, 11) is 0. The lowest BCUT2D eigenvalue weighted by Crippen LogP contribution is -2.17. The van der Waals surface area contributed by atoms with Crippen LogP contribution in [0.15, 0.2) is 42.5 Å². The summed E-state index contributed by atoms with van der Waals surface area (Å²) in [6, 6.07) is 14.6. The molecule has 5 heteroatoms. The van der Waals surface area contributed by atoms with Gasteiger partial charge in [0.25, 0.3) is 0 Å². The van der Waals surface area contributed by atoms with Crippen LogP contribution >= 0.6 is 22.6 Å². The first-order valence-electron chi connectivity index (χ1n) is 10.6. The van der Waals surface area contributed by atoms with Gasteiger partial charge in [0, 0.05) is 41.4 Å². The van der Waals surface area contributed by atoms with E-state index in [2.05, 4.69) is 46.9 Å². The molecule has 0 unspecified atom stereocenters. The van der Waals surface area contributed by atoms with Crippen molar-refractivity contribution in [3.05, 3.63) is 57.2 Å². The van der Waals surface area contributed by atoms with E-state index < -0.39 is 0 Å². The van der Waals surface area contributed by atoms with Gasteiger partial charge in [-0.25, -0.2) is 0 Å². The molecule has 4 rings (SSSR count). The van der Waals surface area contributed by atoms with Crippen LogP contribution < -0.4 is 11.5 Å². The molecule has 2 fully saturated rings. The lowest BCUT2D eigenvalue weighted by Gasteiger charge is -2.22. The lowest BCUT2D eigenvalue weighted by molar-refractivity contribution is 0.0664. The van der Waals surface area contributed by atoms with Crippen molar-refractivity contribution in [1.82, 2.24) is 0 Å². The highest BCUT2D eigenvalue weighted by atomic mass is 127. The average molecular weight is 508 g/mol. The van der Waals surface area contributed by atoms with Gasteiger partial charge in [0.2, 0.25) is 0 Å². The van der Waals surface area contributed by atoms with Crippen LogP contribution in [0.3, 0.4) is 0 Å². The SMILES string of the molecule is Nc1ccc(CC2CCOCC2)cc1.Nc1ccc(CC2CCOCC2)cc1I. The Morgan fingerprint density at radius 1 is 0.724 bits per heavy atom.